The third kappa shape index (κ3) is 3.07. The van der Waals surface area contributed by atoms with Crippen LogP contribution in [0, 0.1) is 11.7 Å². The Bertz CT molecular complexity index is 1350. The van der Waals surface area contributed by atoms with Crippen LogP contribution in [-0.4, -0.2) is 18.7 Å². The predicted molar refractivity (Wildman–Crippen MR) is 113 cm³/mol. The zero-order valence-electron chi connectivity index (χ0n) is 16.5. The Morgan fingerprint density at radius 3 is 2.57 bits per heavy atom. The quantitative estimate of drug-likeness (QED) is 0.511. The summed E-state index contributed by atoms with van der Waals surface area (Å²) < 4.78 is 18.3. The number of fused-ring (bicyclic) bond motifs is 1. The fraction of sp³-hybridized carbons (Fsp3) is 0.261. The minimum Gasteiger partial charge on any atom is -0.317 e. The minimum atomic E-state index is -0.484. The molecule has 0 N–H and O–H groups in total. The molecule has 1 fully saturated rings. The van der Waals surface area contributed by atoms with Gasteiger partial charge in [-0.3, -0.25) is 9.36 Å². The van der Waals surface area contributed by atoms with E-state index in [4.69, 9.17) is 0 Å². The normalized spacial score (nSPS) is 14.9. The van der Waals surface area contributed by atoms with E-state index in [1.165, 1.54) is 21.3 Å². The summed E-state index contributed by atoms with van der Waals surface area (Å²) in [6.07, 6.45) is 3.59. The van der Waals surface area contributed by atoms with Crippen molar-refractivity contribution in [3.63, 3.8) is 0 Å². The third-order valence-corrected chi connectivity index (χ3v) is 5.76. The maximum absolute atomic E-state index is 13.9. The van der Waals surface area contributed by atoms with Gasteiger partial charge in [-0.25, -0.2) is 18.7 Å². The Hall–Kier alpha value is -3.48. The van der Waals surface area contributed by atoms with E-state index in [1.54, 1.807) is 23.0 Å². The molecule has 0 bridgehead atoms. The average Bonchev–Trinajstić information content (AvgIpc) is 3.47. The van der Waals surface area contributed by atoms with Crippen molar-refractivity contribution in [3.8, 4) is 5.69 Å². The first kappa shape index (κ1) is 18.5. The molecule has 1 atom stereocenters. The van der Waals surface area contributed by atoms with Crippen molar-refractivity contribution in [2.75, 3.05) is 0 Å². The maximum atomic E-state index is 13.9. The summed E-state index contributed by atoms with van der Waals surface area (Å²) in [7, 11) is 0. The van der Waals surface area contributed by atoms with Crippen LogP contribution in [0.3, 0.4) is 0 Å². The lowest BCUT2D eigenvalue weighted by molar-refractivity contribution is 0.563. The van der Waals surface area contributed by atoms with Crippen LogP contribution in [0.25, 0.3) is 16.9 Å². The summed E-state index contributed by atoms with van der Waals surface area (Å²) in [6.45, 7) is 2.35. The van der Waals surface area contributed by atoms with E-state index >= 15 is 0 Å². The van der Waals surface area contributed by atoms with E-state index in [0.29, 0.717) is 23.7 Å². The Labute approximate surface area is 171 Å². The molecule has 4 aromatic rings. The molecule has 0 amide bonds. The van der Waals surface area contributed by atoms with Crippen LogP contribution in [0.5, 0.6) is 0 Å². The molecular weight excluding hydrogens is 383 g/mol. The molecule has 2 aromatic heterocycles. The van der Waals surface area contributed by atoms with Crippen LogP contribution in [0.15, 0.2) is 70.5 Å². The first-order chi connectivity index (χ1) is 14.5. The lowest BCUT2D eigenvalue weighted by atomic mass is 10.1. The number of imidazole rings is 1. The van der Waals surface area contributed by atoms with E-state index in [9.17, 15) is 14.0 Å². The molecule has 2 aromatic carbocycles. The average molecular weight is 404 g/mol. The fourth-order valence-corrected chi connectivity index (χ4v) is 3.90. The fourth-order valence-electron chi connectivity index (χ4n) is 3.90. The molecule has 2 heterocycles. The zero-order chi connectivity index (χ0) is 20.8. The van der Waals surface area contributed by atoms with E-state index < -0.39 is 11.5 Å². The highest BCUT2D eigenvalue weighted by Crippen LogP contribution is 2.30. The second-order valence-electron chi connectivity index (χ2n) is 7.87. The molecule has 0 aliphatic heterocycles. The highest BCUT2D eigenvalue weighted by atomic mass is 19.1. The zero-order valence-corrected chi connectivity index (χ0v) is 16.5. The highest BCUT2D eigenvalue weighted by Gasteiger charge is 2.27. The standard InChI is InChI=1S/C23H21FN4O2/c1-15(17-6-3-2-4-7-17)27-14-25-21-20(27)22(29)26(13-16-10-11-16)23(30)28(21)19-9-5-8-18(24)12-19/h2-9,12,14-16H,10-11,13H2,1H3/t15-/m0/s1. The van der Waals surface area contributed by atoms with Crippen LogP contribution < -0.4 is 11.2 Å². The topological polar surface area (TPSA) is 61.8 Å². The minimum absolute atomic E-state index is 0.156. The highest BCUT2D eigenvalue weighted by molar-refractivity contribution is 5.72. The van der Waals surface area contributed by atoms with Gasteiger partial charge >= 0.3 is 5.69 Å². The van der Waals surface area contributed by atoms with E-state index in [0.717, 1.165) is 18.4 Å². The number of rotatable bonds is 5. The van der Waals surface area contributed by atoms with Crippen molar-refractivity contribution in [2.24, 2.45) is 5.92 Å². The van der Waals surface area contributed by atoms with Gasteiger partial charge in [0, 0.05) is 6.54 Å². The second-order valence-corrected chi connectivity index (χ2v) is 7.87. The first-order valence-corrected chi connectivity index (χ1v) is 10.1. The molecular formula is C23H21FN4O2. The van der Waals surface area contributed by atoms with E-state index in [1.807, 2.05) is 37.3 Å². The smallest absolute Gasteiger partial charge is 0.317 e. The van der Waals surface area contributed by atoms with Crippen molar-refractivity contribution in [1.29, 1.82) is 0 Å². The van der Waals surface area contributed by atoms with Gasteiger partial charge in [-0.15, -0.1) is 0 Å². The second kappa shape index (κ2) is 7.09. The Morgan fingerprint density at radius 2 is 1.87 bits per heavy atom. The van der Waals surface area contributed by atoms with Gasteiger partial charge in [0.1, 0.15) is 5.82 Å². The van der Waals surface area contributed by atoms with E-state index in [2.05, 4.69) is 4.98 Å². The number of benzene rings is 2. The lowest BCUT2D eigenvalue weighted by Gasteiger charge is -2.16. The SMILES string of the molecule is C[C@@H](c1ccccc1)n1cnc2c1c(=O)n(CC1CC1)c(=O)n2-c1cccc(F)c1. The maximum Gasteiger partial charge on any atom is 0.337 e. The van der Waals surface area contributed by atoms with Crippen LogP contribution in [0.1, 0.15) is 31.4 Å². The monoisotopic (exact) mass is 404 g/mol. The molecule has 1 saturated carbocycles. The molecule has 152 valence electrons. The molecule has 30 heavy (non-hydrogen) atoms. The molecule has 0 saturated heterocycles. The number of hydrogen-bond acceptors (Lipinski definition) is 3. The largest absolute Gasteiger partial charge is 0.337 e. The summed E-state index contributed by atoms with van der Waals surface area (Å²) in [5.74, 6) is -0.124. The Balaban J connectivity index is 1.80. The van der Waals surface area contributed by atoms with Gasteiger partial charge in [-0.1, -0.05) is 36.4 Å². The summed E-state index contributed by atoms with van der Waals surface area (Å²) >= 11 is 0. The third-order valence-electron chi connectivity index (χ3n) is 5.76. The predicted octanol–water partition coefficient (Wildman–Crippen LogP) is 3.51. The number of nitrogens with zero attached hydrogens (tertiary/aromatic N) is 4. The van der Waals surface area contributed by atoms with Crippen molar-refractivity contribution in [2.45, 2.75) is 32.4 Å². The van der Waals surface area contributed by atoms with Gasteiger partial charge in [0.25, 0.3) is 5.56 Å². The first-order valence-electron chi connectivity index (χ1n) is 10.1. The number of hydrogen-bond donors (Lipinski definition) is 0. The Kier molecular flexibility index (Phi) is 4.38. The van der Waals surface area contributed by atoms with Crippen LogP contribution >= 0.6 is 0 Å². The van der Waals surface area contributed by atoms with Gasteiger partial charge in [0.2, 0.25) is 0 Å². The molecule has 5 rings (SSSR count). The van der Waals surface area contributed by atoms with E-state index in [-0.39, 0.29) is 17.2 Å². The summed E-state index contributed by atoms with van der Waals surface area (Å²) in [5, 5.41) is 0. The van der Waals surface area contributed by atoms with Crippen LogP contribution in [0.2, 0.25) is 0 Å². The molecule has 6 nitrogen and oxygen atoms in total. The molecule has 1 aliphatic rings. The molecule has 0 unspecified atom stereocenters. The molecule has 7 heteroatoms. The van der Waals surface area contributed by atoms with Crippen molar-refractivity contribution < 1.29 is 4.39 Å². The van der Waals surface area contributed by atoms with Crippen LogP contribution in [-0.2, 0) is 6.54 Å². The molecule has 1 aliphatic carbocycles. The summed E-state index contributed by atoms with van der Waals surface area (Å²) in [5.41, 5.74) is 1.12. The van der Waals surface area contributed by atoms with Crippen molar-refractivity contribution in [1.82, 2.24) is 18.7 Å². The van der Waals surface area contributed by atoms with Crippen LogP contribution in [0.4, 0.5) is 4.39 Å². The van der Waals surface area contributed by atoms with Gasteiger partial charge in [0.05, 0.1) is 18.1 Å². The van der Waals surface area contributed by atoms with Crippen molar-refractivity contribution in [3.05, 3.63) is 93.1 Å². The van der Waals surface area contributed by atoms with Gasteiger partial charge < -0.3 is 4.57 Å². The molecule has 0 radical (unpaired) electrons. The molecule has 0 spiro atoms. The number of aromatic nitrogens is 4. The van der Waals surface area contributed by atoms with Crippen molar-refractivity contribution >= 4 is 11.2 Å². The van der Waals surface area contributed by atoms with Gasteiger partial charge in [0.15, 0.2) is 11.2 Å². The number of halogens is 1. The van der Waals surface area contributed by atoms with Gasteiger partial charge in [-0.2, -0.15) is 0 Å². The summed E-state index contributed by atoms with van der Waals surface area (Å²) in [4.78, 5) is 31.1. The summed E-state index contributed by atoms with van der Waals surface area (Å²) in [6, 6.07) is 15.4. The lowest BCUT2D eigenvalue weighted by Crippen LogP contribution is -2.40. The Morgan fingerprint density at radius 1 is 1.10 bits per heavy atom. The van der Waals surface area contributed by atoms with Gasteiger partial charge in [-0.05, 0) is 49.4 Å².